The second kappa shape index (κ2) is 6.91. The van der Waals surface area contributed by atoms with Crippen molar-refractivity contribution in [2.45, 2.75) is 11.3 Å². The molecule has 0 atom stereocenters. The molecule has 0 radical (unpaired) electrons. The van der Waals surface area contributed by atoms with Crippen molar-refractivity contribution in [2.75, 3.05) is 30.8 Å². The van der Waals surface area contributed by atoms with Crippen molar-refractivity contribution in [3.05, 3.63) is 28.9 Å². The van der Waals surface area contributed by atoms with Crippen LogP contribution in [-0.2, 0) is 10.0 Å². The second-order valence-corrected chi connectivity index (χ2v) is 7.65. The van der Waals surface area contributed by atoms with Crippen LogP contribution in [0.3, 0.4) is 0 Å². The number of rotatable bonds is 1. The van der Waals surface area contributed by atoms with E-state index in [-0.39, 0.29) is 10.6 Å². The van der Waals surface area contributed by atoms with Crippen molar-refractivity contribution in [2.24, 2.45) is 0 Å². The molecule has 0 fully saturated rings. The van der Waals surface area contributed by atoms with E-state index in [0.717, 1.165) is 4.47 Å². The Balaban J connectivity index is 2.07. The maximum atomic E-state index is 12.5. The lowest BCUT2D eigenvalue weighted by molar-refractivity contribution is 0.402. The molecule has 10 heteroatoms. The van der Waals surface area contributed by atoms with Gasteiger partial charge in [0.05, 0.1) is 11.6 Å². The van der Waals surface area contributed by atoms with Gasteiger partial charge in [-0.2, -0.15) is 4.98 Å². The predicted molar refractivity (Wildman–Crippen MR) is 94.3 cm³/mol. The van der Waals surface area contributed by atoms with E-state index >= 15 is 0 Å². The van der Waals surface area contributed by atoms with E-state index in [0.29, 0.717) is 37.0 Å². The lowest BCUT2D eigenvalue weighted by Crippen LogP contribution is -2.26. The van der Waals surface area contributed by atoms with Gasteiger partial charge in [0.25, 0.3) is 0 Å². The number of hydrogen-bond acceptors (Lipinski definition) is 7. The van der Waals surface area contributed by atoms with Crippen LogP contribution >= 0.6 is 15.9 Å². The predicted octanol–water partition coefficient (Wildman–Crippen LogP) is 2.09. The third-order valence-corrected chi connectivity index (χ3v) is 5.45. The van der Waals surface area contributed by atoms with Gasteiger partial charge >= 0.3 is 0 Å². The molecule has 1 aromatic carbocycles. The minimum atomic E-state index is -3.68. The van der Waals surface area contributed by atoms with Gasteiger partial charge in [-0.05, 0) is 40.5 Å². The fourth-order valence-electron chi connectivity index (χ4n) is 2.22. The highest BCUT2D eigenvalue weighted by atomic mass is 79.9. The van der Waals surface area contributed by atoms with Crippen molar-refractivity contribution >= 4 is 43.4 Å². The summed E-state index contributed by atoms with van der Waals surface area (Å²) in [5.41, 5.74) is 0.545. The second-order valence-electron chi connectivity index (χ2n) is 5.06. The topological polar surface area (TPSA) is 105 Å². The molecular weight excluding hydrogens is 398 g/mol. The van der Waals surface area contributed by atoms with Crippen molar-refractivity contribution in [3.63, 3.8) is 0 Å². The summed E-state index contributed by atoms with van der Waals surface area (Å²) >= 11 is 3.39. The molecule has 0 saturated heterocycles. The first-order chi connectivity index (χ1) is 11.5. The van der Waals surface area contributed by atoms with E-state index in [2.05, 4.69) is 41.3 Å². The summed E-state index contributed by atoms with van der Waals surface area (Å²) in [5, 5.41) is 6.16. The van der Waals surface area contributed by atoms with Crippen LogP contribution in [0, 0.1) is 0 Å². The lowest BCUT2D eigenvalue weighted by atomic mass is 10.3. The van der Waals surface area contributed by atoms with Gasteiger partial charge in [-0.1, -0.05) is 0 Å². The molecule has 0 amide bonds. The molecule has 3 N–H and O–H groups in total. The third-order valence-electron chi connectivity index (χ3n) is 3.39. The number of methoxy groups -OCH3 is 1. The van der Waals surface area contributed by atoms with Gasteiger partial charge in [0.15, 0.2) is 0 Å². The first-order valence-electron chi connectivity index (χ1n) is 7.21. The zero-order valence-corrected chi connectivity index (χ0v) is 15.2. The van der Waals surface area contributed by atoms with Crippen molar-refractivity contribution < 1.29 is 13.2 Å². The SMILES string of the molecule is COc1ccc2cc1S(=O)(=O)NCCCNc1nc(ncc1Br)N2. The lowest BCUT2D eigenvalue weighted by Gasteiger charge is -2.12. The number of halogens is 1. The molecule has 1 aliphatic heterocycles. The van der Waals surface area contributed by atoms with Crippen LogP contribution in [0.2, 0.25) is 0 Å². The monoisotopic (exact) mass is 413 g/mol. The maximum Gasteiger partial charge on any atom is 0.244 e. The summed E-state index contributed by atoms with van der Waals surface area (Å²) in [6.07, 6.45) is 2.23. The fourth-order valence-corrected chi connectivity index (χ4v) is 3.82. The van der Waals surface area contributed by atoms with Crippen molar-refractivity contribution in [1.29, 1.82) is 0 Å². The van der Waals surface area contributed by atoms with Crippen LogP contribution in [0.15, 0.2) is 33.8 Å². The van der Waals surface area contributed by atoms with Crippen LogP contribution in [-0.4, -0.2) is 38.6 Å². The molecule has 2 heterocycles. The number of anilines is 3. The van der Waals surface area contributed by atoms with Gasteiger partial charge in [0.2, 0.25) is 16.0 Å². The van der Waals surface area contributed by atoms with E-state index in [4.69, 9.17) is 4.74 Å². The number of aromatic nitrogens is 2. The number of ether oxygens (including phenoxy) is 1. The quantitative estimate of drug-likeness (QED) is 0.656. The summed E-state index contributed by atoms with van der Waals surface area (Å²) in [7, 11) is -2.24. The van der Waals surface area contributed by atoms with Crippen LogP contribution in [0.25, 0.3) is 0 Å². The Morgan fingerprint density at radius 2 is 2.12 bits per heavy atom. The van der Waals surface area contributed by atoms with Crippen LogP contribution in [0.4, 0.5) is 17.5 Å². The average Bonchev–Trinajstić information content (AvgIpc) is 2.57. The first-order valence-corrected chi connectivity index (χ1v) is 9.48. The van der Waals surface area contributed by atoms with Crippen LogP contribution in [0.1, 0.15) is 6.42 Å². The summed E-state index contributed by atoms with van der Waals surface area (Å²) in [6, 6.07) is 4.79. The Bertz CT molecular complexity index is 859. The molecule has 8 nitrogen and oxygen atoms in total. The van der Waals surface area contributed by atoms with E-state index in [1.807, 2.05) is 0 Å². The zero-order valence-electron chi connectivity index (χ0n) is 12.8. The number of fused-ring (bicyclic) bond motifs is 4. The first kappa shape index (κ1) is 16.9. The van der Waals surface area contributed by atoms with Crippen molar-refractivity contribution in [3.8, 4) is 5.75 Å². The van der Waals surface area contributed by atoms with Gasteiger partial charge in [-0.25, -0.2) is 18.1 Å². The Kier molecular flexibility index (Phi) is 4.88. The summed E-state index contributed by atoms with van der Waals surface area (Å²) in [4.78, 5) is 8.64. The molecule has 1 aromatic heterocycles. The minimum Gasteiger partial charge on any atom is -0.495 e. The molecule has 1 aliphatic rings. The Morgan fingerprint density at radius 1 is 1.29 bits per heavy atom. The van der Waals surface area contributed by atoms with E-state index in [1.54, 1.807) is 18.3 Å². The fraction of sp³-hybridized carbons (Fsp3) is 0.286. The summed E-state index contributed by atoms with van der Waals surface area (Å²) in [5.74, 6) is 1.28. The van der Waals surface area contributed by atoms with Gasteiger partial charge < -0.3 is 15.4 Å². The number of nitrogens with zero attached hydrogens (tertiary/aromatic N) is 2. The van der Waals surface area contributed by atoms with Gasteiger partial charge in [0.1, 0.15) is 16.5 Å². The van der Waals surface area contributed by atoms with Crippen LogP contribution < -0.4 is 20.1 Å². The molecule has 4 bridgehead atoms. The highest BCUT2D eigenvalue weighted by Gasteiger charge is 2.20. The highest BCUT2D eigenvalue weighted by molar-refractivity contribution is 9.10. The highest BCUT2D eigenvalue weighted by Crippen LogP contribution is 2.29. The van der Waals surface area contributed by atoms with Gasteiger partial charge in [-0.15, -0.1) is 0 Å². The largest absolute Gasteiger partial charge is 0.495 e. The van der Waals surface area contributed by atoms with E-state index in [9.17, 15) is 8.42 Å². The number of benzene rings is 1. The van der Waals surface area contributed by atoms with Gasteiger partial charge in [-0.3, -0.25) is 0 Å². The molecule has 24 heavy (non-hydrogen) atoms. The number of sulfonamides is 1. The molecule has 3 rings (SSSR count). The Labute approximate surface area is 148 Å². The number of nitrogens with one attached hydrogen (secondary N) is 3. The molecule has 0 aliphatic carbocycles. The molecular formula is C14H16BrN5O3S. The molecule has 0 unspecified atom stereocenters. The smallest absolute Gasteiger partial charge is 0.244 e. The molecule has 0 spiro atoms. The third kappa shape index (κ3) is 3.60. The maximum absolute atomic E-state index is 12.5. The summed E-state index contributed by atoms with van der Waals surface area (Å²) < 4.78 is 33.5. The average molecular weight is 414 g/mol. The van der Waals surface area contributed by atoms with E-state index < -0.39 is 10.0 Å². The Hall–Kier alpha value is -1.91. The van der Waals surface area contributed by atoms with Crippen LogP contribution in [0.5, 0.6) is 5.75 Å². The number of hydrogen-bond donors (Lipinski definition) is 3. The normalized spacial score (nSPS) is 16.6. The van der Waals surface area contributed by atoms with Crippen molar-refractivity contribution in [1.82, 2.24) is 14.7 Å². The molecule has 128 valence electrons. The van der Waals surface area contributed by atoms with E-state index in [1.165, 1.54) is 13.2 Å². The molecule has 2 aromatic rings. The molecule has 0 saturated carbocycles. The minimum absolute atomic E-state index is 0.0690. The summed E-state index contributed by atoms with van der Waals surface area (Å²) in [6.45, 7) is 0.859. The standard InChI is InChI=1S/C14H16BrN5O3S/c1-23-11-4-3-9-7-12(11)24(21,22)18-6-2-5-16-13-10(15)8-17-14(19-9)20-13/h3-4,7-8,18H,2,5-6H2,1H3,(H2,16,17,19,20). The van der Waals surface area contributed by atoms with Gasteiger partial charge in [0, 0.05) is 25.0 Å². The zero-order chi connectivity index (χ0) is 17.2. The Morgan fingerprint density at radius 3 is 2.92 bits per heavy atom.